The summed E-state index contributed by atoms with van der Waals surface area (Å²) in [6, 6.07) is 8.18. The van der Waals surface area contributed by atoms with Crippen LogP contribution >= 0.6 is 0 Å². The van der Waals surface area contributed by atoms with E-state index in [9.17, 15) is 4.79 Å². The Morgan fingerprint density at radius 2 is 1.89 bits per heavy atom. The van der Waals surface area contributed by atoms with E-state index < -0.39 is 5.97 Å². The molecule has 1 aromatic carbocycles. The summed E-state index contributed by atoms with van der Waals surface area (Å²) in [4.78, 5) is 11.1. The first-order valence-electron chi connectivity index (χ1n) is 5.82. The van der Waals surface area contributed by atoms with E-state index in [4.69, 9.17) is 9.63 Å². The molecule has 1 N–H and O–H groups in total. The Balaban J connectivity index is 2.11. The van der Waals surface area contributed by atoms with Gasteiger partial charge in [-0.3, -0.25) is 0 Å². The van der Waals surface area contributed by atoms with Gasteiger partial charge in [0.25, 0.3) is 0 Å². The van der Waals surface area contributed by atoms with Gasteiger partial charge in [0.1, 0.15) is 11.3 Å². The molecule has 0 fully saturated rings. The summed E-state index contributed by atoms with van der Waals surface area (Å²) in [5.41, 5.74) is 3.09. The first kappa shape index (κ1) is 12.4. The Morgan fingerprint density at radius 3 is 2.50 bits per heavy atom. The smallest absolute Gasteiger partial charge is 0.341 e. The lowest BCUT2D eigenvalue weighted by molar-refractivity contribution is 0.0694. The second kappa shape index (κ2) is 5.04. The molecular weight excluding hydrogens is 230 g/mol. The standard InChI is InChI=1S/C14H15NO3/c1-9-3-5-11(6-4-9)7-8-12-13(14(16)17)10(2)18-15-12/h3-6H,7-8H2,1-2H3,(H,16,17). The molecule has 1 heterocycles. The molecular formula is C14H15NO3. The molecule has 4 nitrogen and oxygen atoms in total. The number of aryl methyl sites for hydroxylation is 4. The summed E-state index contributed by atoms with van der Waals surface area (Å²) in [6.07, 6.45) is 1.33. The molecule has 18 heavy (non-hydrogen) atoms. The molecule has 4 heteroatoms. The van der Waals surface area contributed by atoms with Crippen LogP contribution in [0, 0.1) is 13.8 Å². The van der Waals surface area contributed by atoms with E-state index in [0.29, 0.717) is 17.9 Å². The summed E-state index contributed by atoms with van der Waals surface area (Å²) in [7, 11) is 0. The van der Waals surface area contributed by atoms with Crippen LogP contribution in [0.25, 0.3) is 0 Å². The fourth-order valence-corrected chi connectivity index (χ4v) is 1.88. The van der Waals surface area contributed by atoms with Crippen molar-refractivity contribution in [1.29, 1.82) is 0 Å². The van der Waals surface area contributed by atoms with Gasteiger partial charge in [-0.25, -0.2) is 4.79 Å². The van der Waals surface area contributed by atoms with Gasteiger partial charge in [0.05, 0.1) is 5.69 Å². The molecule has 0 atom stereocenters. The van der Waals surface area contributed by atoms with Gasteiger partial charge in [-0.15, -0.1) is 0 Å². The zero-order chi connectivity index (χ0) is 13.1. The Morgan fingerprint density at radius 1 is 1.22 bits per heavy atom. The zero-order valence-corrected chi connectivity index (χ0v) is 10.4. The molecule has 2 aromatic rings. The summed E-state index contributed by atoms with van der Waals surface area (Å²) in [5, 5.41) is 12.9. The van der Waals surface area contributed by atoms with Crippen LogP contribution < -0.4 is 0 Å². The molecule has 0 amide bonds. The van der Waals surface area contributed by atoms with Crippen LogP contribution in [0.15, 0.2) is 28.8 Å². The van der Waals surface area contributed by atoms with Crippen molar-refractivity contribution in [2.45, 2.75) is 26.7 Å². The summed E-state index contributed by atoms with van der Waals surface area (Å²) in [6.45, 7) is 3.65. The predicted octanol–water partition coefficient (Wildman–Crippen LogP) is 2.77. The maximum atomic E-state index is 11.1. The SMILES string of the molecule is Cc1ccc(CCc2noc(C)c2C(=O)O)cc1. The molecule has 0 radical (unpaired) electrons. The average Bonchev–Trinajstić information content (AvgIpc) is 2.70. The topological polar surface area (TPSA) is 63.3 Å². The molecule has 0 aliphatic heterocycles. The van der Waals surface area contributed by atoms with Gasteiger partial charge >= 0.3 is 5.97 Å². The minimum absolute atomic E-state index is 0.196. The van der Waals surface area contributed by atoms with Crippen molar-refractivity contribution in [1.82, 2.24) is 5.16 Å². The number of benzene rings is 1. The number of carboxylic acids is 1. The second-order valence-corrected chi connectivity index (χ2v) is 4.35. The van der Waals surface area contributed by atoms with Crippen molar-refractivity contribution in [3.8, 4) is 0 Å². The van der Waals surface area contributed by atoms with E-state index in [-0.39, 0.29) is 5.56 Å². The van der Waals surface area contributed by atoms with Crippen LogP contribution in [0.2, 0.25) is 0 Å². The highest BCUT2D eigenvalue weighted by atomic mass is 16.5. The monoisotopic (exact) mass is 245 g/mol. The van der Waals surface area contributed by atoms with Crippen molar-refractivity contribution < 1.29 is 14.4 Å². The van der Waals surface area contributed by atoms with Crippen molar-refractivity contribution in [3.63, 3.8) is 0 Å². The maximum absolute atomic E-state index is 11.1. The van der Waals surface area contributed by atoms with E-state index in [2.05, 4.69) is 5.16 Å². The highest BCUT2D eigenvalue weighted by Gasteiger charge is 2.18. The number of hydrogen-bond acceptors (Lipinski definition) is 3. The van der Waals surface area contributed by atoms with Gasteiger partial charge in [-0.1, -0.05) is 35.0 Å². The van der Waals surface area contributed by atoms with E-state index in [1.54, 1.807) is 6.92 Å². The Labute approximate surface area is 105 Å². The van der Waals surface area contributed by atoms with Crippen LogP contribution in [-0.4, -0.2) is 16.2 Å². The molecule has 0 bridgehead atoms. The maximum Gasteiger partial charge on any atom is 0.341 e. The van der Waals surface area contributed by atoms with Crippen molar-refractivity contribution in [3.05, 3.63) is 52.4 Å². The van der Waals surface area contributed by atoms with Gasteiger partial charge in [0, 0.05) is 0 Å². The molecule has 0 unspecified atom stereocenters. The molecule has 0 aliphatic rings. The number of carboxylic acid groups (broad SMARTS) is 1. The second-order valence-electron chi connectivity index (χ2n) is 4.35. The molecule has 0 saturated heterocycles. The molecule has 94 valence electrons. The fraction of sp³-hybridized carbons (Fsp3) is 0.286. The predicted molar refractivity (Wildman–Crippen MR) is 66.8 cm³/mol. The largest absolute Gasteiger partial charge is 0.477 e. The third-order valence-electron chi connectivity index (χ3n) is 2.92. The van der Waals surface area contributed by atoms with Gasteiger partial charge in [-0.05, 0) is 32.3 Å². The zero-order valence-electron chi connectivity index (χ0n) is 10.4. The number of aromatic nitrogens is 1. The Hall–Kier alpha value is -2.10. The van der Waals surface area contributed by atoms with Crippen molar-refractivity contribution in [2.75, 3.05) is 0 Å². The van der Waals surface area contributed by atoms with E-state index >= 15 is 0 Å². The highest BCUT2D eigenvalue weighted by molar-refractivity contribution is 5.89. The molecule has 1 aromatic heterocycles. The van der Waals surface area contributed by atoms with E-state index in [1.807, 2.05) is 31.2 Å². The van der Waals surface area contributed by atoms with Crippen LogP contribution in [0.4, 0.5) is 0 Å². The number of nitrogens with zero attached hydrogens (tertiary/aromatic N) is 1. The first-order valence-corrected chi connectivity index (χ1v) is 5.82. The molecule has 0 saturated carbocycles. The lowest BCUT2D eigenvalue weighted by atomic mass is 10.0. The third kappa shape index (κ3) is 2.59. The molecule has 2 rings (SSSR count). The highest BCUT2D eigenvalue weighted by Crippen LogP contribution is 2.16. The molecule has 0 aliphatic carbocycles. The van der Waals surface area contributed by atoms with Gasteiger partial charge in [0.2, 0.25) is 0 Å². The Kier molecular flexibility index (Phi) is 3.46. The van der Waals surface area contributed by atoms with Gasteiger partial charge in [-0.2, -0.15) is 0 Å². The molecule has 0 spiro atoms. The first-order chi connectivity index (χ1) is 8.58. The summed E-state index contributed by atoms with van der Waals surface area (Å²) in [5.74, 6) is -0.617. The minimum Gasteiger partial charge on any atom is -0.477 e. The van der Waals surface area contributed by atoms with Crippen molar-refractivity contribution in [2.24, 2.45) is 0 Å². The summed E-state index contributed by atoms with van der Waals surface area (Å²) < 4.78 is 4.93. The van der Waals surface area contributed by atoms with Gasteiger partial charge in [0.15, 0.2) is 0 Å². The lowest BCUT2D eigenvalue weighted by Crippen LogP contribution is -2.03. The minimum atomic E-state index is -0.979. The number of aromatic carboxylic acids is 1. The Bertz CT molecular complexity index is 555. The fourth-order valence-electron chi connectivity index (χ4n) is 1.88. The third-order valence-corrected chi connectivity index (χ3v) is 2.92. The van der Waals surface area contributed by atoms with E-state index in [0.717, 1.165) is 12.0 Å². The summed E-state index contributed by atoms with van der Waals surface area (Å²) >= 11 is 0. The van der Waals surface area contributed by atoms with Crippen molar-refractivity contribution >= 4 is 5.97 Å². The lowest BCUT2D eigenvalue weighted by Gasteiger charge is -2.01. The quantitative estimate of drug-likeness (QED) is 0.899. The normalized spacial score (nSPS) is 10.6. The number of hydrogen-bond donors (Lipinski definition) is 1. The van der Waals surface area contributed by atoms with Crippen LogP contribution in [0.5, 0.6) is 0 Å². The number of carbonyl (C=O) groups is 1. The number of rotatable bonds is 4. The van der Waals surface area contributed by atoms with Crippen LogP contribution in [0.1, 0.15) is 32.9 Å². The van der Waals surface area contributed by atoms with E-state index in [1.165, 1.54) is 5.56 Å². The van der Waals surface area contributed by atoms with Gasteiger partial charge < -0.3 is 9.63 Å². The van der Waals surface area contributed by atoms with Crippen LogP contribution in [0.3, 0.4) is 0 Å². The average molecular weight is 245 g/mol. The van der Waals surface area contributed by atoms with Crippen LogP contribution in [-0.2, 0) is 12.8 Å².